The number of aromatic nitrogens is 2. The Labute approximate surface area is 219 Å². The fourth-order valence-electron chi connectivity index (χ4n) is 4.98. The number of hydrogen-bond acceptors (Lipinski definition) is 9. The smallest absolute Gasteiger partial charge is 0.405 e. The first-order valence-electron chi connectivity index (χ1n) is 12.7. The molecule has 2 unspecified atom stereocenters. The van der Waals surface area contributed by atoms with E-state index in [1.165, 1.54) is 11.3 Å². The molecule has 0 radical (unpaired) electrons. The topological polar surface area (TPSA) is 81.2 Å². The molecule has 12 heteroatoms. The van der Waals surface area contributed by atoms with E-state index in [9.17, 15) is 0 Å². The van der Waals surface area contributed by atoms with E-state index < -0.39 is 54.7 Å². The molecule has 0 saturated carbocycles. The molecular formula is C24H37B3N2O6S. The van der Waals surface area contributed by atoms with Crippen LogP contribution in [0.4, 0.5) is 0 Å². The van der Waals surface area contributed by atoms with Crippen LogP contribution in [0.3, 0.4) is 0 Å². The third kappa shape index (κ3) is 4.17. The molecular weight excluding hydrogens is 477 g/mol. The van der Waals surface area contributed by atoms with Gasteiger partial charge in [0.1, 0.15) is 4.83 Å². The third-order valence-electron chi connectivity index (χ3n) is 9.16. The van der Waals surface area contributed by atoms with Crippen LogP contribution in [-0.4, -0.2) is 64.7 Å². The second-order valence-electron chi connectivity index (χ2n) is 12.7. The van der Waals surface area contributed by atoms with Crippen molar-refractivity contribution in [2.24, 2.45) is 0 Å². The molecule has 194 valence electrons. The minimum atomic E-state index is -0.615. The number of nitrogens with zero attached hydrogens (tertiary/aromatic N) is 2. The lowest BCUT2D eigenvalue weighted by Gasteiger charge is -2.42. The first-order valence-corrected chi connectivity index (χ1v) is 13.6. The summed E-state index contributed by atoms with van der Waals surface area (Å²) in [5.74, 6) is 0. The monoisotopic (exact) mass is 514 g/mol. The normalized spacial score (nSPS) is 32.7. The minimum Gasteiger partial charge on any atom is -0.405 e. The van der Waals surface area contributed by atoms with Crippen molar-refractivity contribution in [2.75, 3.05) is 0 Å². The Kier molecular flexibility index (Phi) is 6.09. The van der Waals surface area contributed by atoms with Crippen molar-refractivity contribution in [1.82, 2.24) is 9.97 Å². The SMILES string of the molecule is CC1(C)OB(B2OC(C)(C)C(C)(CCC3(C)OB(c4cnc5scnc5c4)OC3(C)C)O2)OC1(C)C. The summed E-state index contributed by atoms with van der Waals surface area (Å²) in [6, 6.07) is 2.00. The van der Waals surface area contributed by atoms with E-state index in [0.717, 1.165) is 15.8 Å². The Morgan fingerprint density at radius 2 is 1.19 bits per heavy atom. The van der Waals surface area contributed by atoms with Gasteiger partial charge in [0.25, 0.3) is 0 Å². The summed E-state index contributed by atoms with van der Waals surface area (Å²) in [4.78, 5) is 9.82. The van der Waals surface area contributed by atoms with Crippen LogP contribution in [0.25, 0.3) is 10.3 Å². The minimum absolute atomic E-state index is 0.453. The van der Waals surface area contributed by atoms with Gasteiger partial charge >= 0.3 is 21.1 Å². The number of thiazole rings is 1. The van der Waals surface area contributed by atoms with Crippen molar-refractivity contribution in [3.05, 3.63) is 17.8 Å². The van der Waals surface area contributed by atoms with Gasteiger partial charge in [-0.2, -0.15) is 0 Å². The maximum absolute atomic E-state index is 6.60. The molecule has 0 aliphatic carbocycles. The molecule has 8 nitrogen and oxygen atoms in total. The standard InChI is InChI=1S/C24H37B3N2O6S/c1-19(2)20(3,4)32-26(31-19)27-33-22(7,8)24(10,35-27)12-11-23(9)21(5,6)30-25(34-23)16-13-17-18(28-14-16)36-15-29-17/h13-15H,11-12H2,1-10H3. The van der Waals surface area contributed by atoms with E-state index in [0.29, 0.717) is 12.8 Å². The molecule has 0 bridgehead atoms. The molecule has 3 saturated heterocycles. The Bertz CT molecular complexity index is 1140. The Hall–Kier alpha value is -1.01. The summed E-state index contributed by atoms with van der Waals surface area (Å²) in [6.45, 7) is 20.6. The maximum atomic E-state index is 6.60. The summed E-state index contributed by atoms with van der Waals surface area (Å²) >= 11 is 1.52. The van der Waals surface area contributed by atoms with E-state index in [1.807, 2.05) is 40.0 Å². The van der Waals surface area contributed by atoms with Crippen molar-refractivity contribution >= 4 is 48.3 Å². The molecule has 2 atom stereocenters. The molecule has 5 heterocycles. The Morgan fingerprint density at radius 1 is 0.667 bits per heavy atom. The van der Waals surface area contributed by atoms with Crippen LogP contribution in [0.5, 0.6) is 0 Å². The fraction of sp³-hybridized carbons (Fsp3) is 0.750. The number of pyridine rings is 1. The van der Waals surface area contributed by atoms with E-state index in [2.05, 4.69) is 51.5 Å². The molecule has 0 aromatic carbocycles. The van der Waals surface area contributed by atoms with Gasteiger partial charge in [-0.3, -0.25) is 0 Å². The lowest BCUT2D eigenvalue weighted by molar-refractivity contribution is -0.0576. The van der Waals surface area contributed by atoms with Crippen molar-refractivity contribution in [3.8, 4) is 0 Å². The second kappa shape index (κ2) is 8.25. The van der Waals surface area contributed by atoms with Gasteiger partial charge in [-0.15, -0.1) is 11.3 Å². The van der Waals surface area contributed by atoms with Crippen LogP contribution in [0, 0.1) is 0 Å². The lowest BCUT2D eigenvalue weighted by Crippen LogP contribution is -2.50. The number of fused-ring (bicyclic) bond motifs is 1. The molecule has 0 spiro atoms. The zero-order valence-electron chi connectivity index (χ0n) is 23.1. The van der Waals surface area contributed by atoms with Crippen molar-refractivity contribution in [3.63, 3.8) is 0 Å². The van der Waals surface area contributed by atoms with Crippen molar-refractivity contribution in [1.29, 1.82) is 0 Å². The average molecular weight is 514 g/mol. The third-order valence-corrected chi connectivity index (χ3v) is 9.91. The van der Waals surface area contributed by atoms with Crippen LogP contribution in [0.15, 0.2) is 17.8 Å². The second-order valence-corrected chi connectivity index (χ2v) is 13.6. The zero-order valence-corrected chi connectivity index (χ0v) is 23.9. The molecule has 36 heavy (non-hydrogen) atoms. The fourth-order valence-corrected chi connectivity index (χ4v) is 5.59. The highest BCUT2D eigenvalue weighted by Gasteiger charge is 2.65. The number of hydrogen-bond donors (Lipinski definition) is 0. The van der Waals surface area contributed by atoms with Crippen LogP contribution in [0.2, 0.25) is 0 Å². The predicted molar refractivity (Wildman–Crippen MR) is 143 cm³/mol. The first-order chi connectivity index (χ1) is 16.5. The van der Waals surface area contributed by atoms with E-state index in [-0.39, 0.29) is 0 Å². The molecule has 2 aromatic heterocycles. The molecule has 3 aliphatic rings. The van der Waals surface area contributed by atoms with Gasteiger partial charge in [-0.25, -0.2) is 9.97 Å². The van der Waals surface area contributed by atoms with Gasteiger partial charge in [0.15, 0.2) is 0 Å². The van der Waals surface area contributed by atoms with Crippen molar-refractivity contribution < 1.29 is 27.9 Å². The zero-order chi connectivity index (χ0) is 26.4. The Balaban J connectivity index is 1.30. The van der Waals surface area contributed by atoms with Gasteiger partial charge in [0.05, 0.1) is 44.6 Å². The lowest BCUT2D eigenvalue weighted by atomic mass is 9.49. The highest BCUT2D eigenvalue weighted by atomic mass is 32.1. The van der Waals surface area contributed by atoms with Crippen LogP contribution >= 0.6 is 11.3 Å². The largest absolute Gasteiger partial charge is 0.496 e. The summed E-state index contributed by atoms with van der Waals surface area (Å²) in [5, 5.41) is 0. The molecule has 2 aromatic rings. The van der Waals surface area contributed by atoms with Gasteiger partial charge in [0, 0.05) is 11.7 Å². The van der Waals surface area contributed by atoms with E-state index in [1.54, 1.807) is 5.51 Å². The number of rotatable bonds is 5. The van der Waals surface area contributed by atoms with Gasteiger partial charge in [-0.05, 0) is 88.1 Å². The summed E-state index contributed by atoms with van der Waals surface area (Å²) in [6.07, 6.45) is 3.23. The van der Waals surface area contributed by atoms with E-state index in [4.69, 9.17) is 27.9 Å². The highest BCUT2D eigenvalue weighted by Crippen LogP contribution is 2.48. The predicted octanol–water partition coefficient (Wildman–Crippen LogP) is 3.99. The Morgan fingerprint density at radius 3 is 1.83 bits per heavy atom. The highest BCUT2D eigenvalue weighted by molar-refractivity contribution is 7.16. The first kappa shape index (κ1) is 26.6. The van der Waals surface area contributed by atoms with E-state index >= 15 is 0 Å². The molecule has 3 aliphatic heterocycles. The molecule has 5 rings (SSSR count). The van der Waals surface area contributed by atoms with Crippen LogP contribution < -0.4 is 5.46 Å². The summed E-state index contributed by atoms with van der Waals surface area (Å²) in [5.41, 5.74) is 0.405. The average Bonchev–Trinajstić information content (AvgIpc) is 3.43. The van der Waals surface area contributed by atoms with Gasteiger partial charge in [-0.1, -0.05) is 0 Å². The maximum Gasteiger partial charge on any atom is 0.496 e. The molecule has 3 fully saturated rings. The van der Waals surface area contributed by atoms with Gasteiger partial charge in [0.2, 0.25) is 0 Å². The van der Waals surface area contributed by atoms with Crippen LogP contribution in [-0.2, 0) is 27.9 Å². The van der Waals surface area contributed by atoms with Gasteiger partial charge < -0.3 is 27.9 Å². The summed E-state index contributed by atoms with van der Waals surface area (Å²) < 4.78 is 38.4. The van der Waals surface area contributed by atoms with Crippen LogP contribution in [0.1, 0.15) is 82.1 Å². The molecule has 0 N–H and O–H groups in total. The van der Waals surface area contributed by atoms with Crippen molar-refractivity contribution in [2.45, 2.75) is 116 Å². The quantitative estimate of drug-likeness (QED) is 0.555. The molecule has 0 amide bonds. The summed E-state index contributed by atoms with van der Waals surface area (Å²) in [7, 11) is -1.72.